The lowest BCUT2D eigenvalue weighted by Gasteiger charge is -2.36. The van der Waals surface area contributed by atoms with Gasteiger partial charge in [-0.05, 0) is 4.60 Å². The standard InChI is InChI=1S/C3H9F3N3O3P3/c1-10-8-13(4)7-15(5,6)9(11-2)14(8)12-3/h1-3H3. The van der Waals surface area contributed by atoms with Gasteiger partial charge in [-0.2, -0.15) is 17.1 Å². The van der Waals surface area contributed by atoms with Crippen LogP contribution in [0.1, 0.15) is 0 Å². The van der Waals surface area contributed by atoms with E-state index in [1.807, 2.05) is 0 Å². The topological polar surface area (TPSA) is 46.5 Å². The lowest BCUT2D eigenvalue weighted by molar-refractivity contribution is -0.0322. The Labute approximate surface area is 87.5 Å². The van der Waals surface area contributed by atoms with Gasteiger partial charge in [-0.25, -0.2) is 0 Å². The minimum atomic E-state index is -4.95. The quantitative estimate of drug-likeness (QED) is 0.740. The van der Waals surface area contributed by atoms with Gasteiger partial charge in [-0.3, -0.25) is 9.68 Å². The molecule has 0 saturated heterocycles. The normalized spacial score (nSPS) is 32.7. The fraction of sp³-hybridized carbons (Fsp3) is 1.00. The van der Waals surface area contributed by atoms with Crippen molar-refractivity contribution in [2.45, 2.75) is 0 Å². The summed E-state index contributed by atoms with van der Waals surface area (Å²) in [7, 11) is -6.65. The third-order valence-electron chi connectivity index (χ3n) is 1.31. The van der Waals surface area contributed by atoms with E-state index < -0.39 is 24.8 Å². The van der Waals surface area contributed by atoms with Gasteiger partial charge in [-0.15, -0.1) is 0 Å². The average molecular weight is 285 g/mol. The van der Waals surface area contributed by atoms with Crippen LogP contribution in [0, 0.1) is 0 Å². The van der Waals surface area contributed by atoms with Crippen molar-refractivity contribution in [3.8, 4) is 0 Å². The summed E-state index contributed by atoms with van der Waals surface area (Å²) in [6, 6.07) is 0. The van der Waals surface area contributed by atoms with E-state index in [0.29, 0.717) is 4.60 Å². The van der Waals surface area contributed by atoms with Crippen LogP contribution >= 0.6 is 24.8 Å². The van der Waals surface area contributed by atoms with Crippen LogP contribution in [0.15, 0.2) is 4.52 Å². The molecule has 0 fully saturated rings. The lowest BCUT2D eigenvalue weighted by Crippen LogP contribution is -2.23. The fourth-order valence-corrected chi connectivity index (χ4v) is 6.05. The molecule has 15 heavy (non-hydrogen) atoms. The summed E-state index contributed by atoms with van der Waals surface area (Å²) in [4.78, 5) is 9.05. The monoisotopic (exact) mass is 285 g/mol. The van der Waals surface area contributed by atoms with E-state index in [9.17, 15) is 12.6 Å². The largest absolute Gasteiger partial charge is 0.403 e. The Kier molecular flexibility index (Phi) is 4.89. The van der Waals surface area contributed by atoms with E-state index >= 15 is 0 Å². The molecule has 90 valence electrons. The molecule has 2 atom stereocenters. The Balaban J connectivity index is 3.07. The number of hydrogen-bond donors (Lipinski definition) is 0. The predicted molar refractivity (Wildman–Crippen MR) is 51.2 cm³/mol. The first kappa shape index (κ1) is 13.7. The average Bonchev–Trinajstić information content (AvgIpc) is 2.15. The van der Waals surface area contributed by atoms with Crippen LogP contribution in [0.3, 0.4) is 0 Å². The molecule has 1 rings (SSSR count). The summed E-state index contributed by atoms with van der Waals surface area (Å²) in [6.07, 6.45) is 0. The van der Waals surface area contributed by atoms with E-state index in [1.54, 1.807) is 0 Å². The molecule has 2 unspecified atom stereocenters. The zero-order chi connectivity index (χ0) is 11.6. The molecular weight excluding hydrogens is 276 g/mol. The second-order valence-electron chi connectivity index (χ2n) is 2.09. The third kappa shape index (κ3) is 2.68. The number of nitrogens with zero attached hydrogens (tertiary/aromatic N) is 3. The van der Waals surface area contributed by atoms with Crippen LogP contribution in [0.4, 0.5) is 12.6 Å². The minimum absolute atomic E-state index is 0.268. The number of rotatable bonds is 3. The van der Waals surface area contributed by atoms with Crippen molar-refractivity contribution in [3.05, 3.63) is 0 Å². The fourth-order valence-electron chi connectivity index (χ4n) is 0.823. The maximum absolute atomic E-state index is 13.2. The van der Waals surface area contributed by atoms with Crippen LogP contribution in [0.2, 0.25) is 0 Å². The highest BCUT2D eigenvalue weighted by molar-refractivity contribution is 7.77. The van der Waals surface area contributed by atoms with E-state index in [-0.39, 0.29) is 4.60 Å². The third-order valence-corrected chi connectivity index (χ3v) is 7.03. The van der Waals surface area contributed by atoms with Crippen molar-refractivity contribution in [1.82, 2.24) is 9.21 Å². The number of hydrogen-bond acceptors (Lipinski definition) is 6. The molecule has 0 aromatic carbocycles. The molecule has 12 heteroatoms. The molecule has 0 bridgehead atoms. The molecule has 0 aliphatic carbocycles. The molecule has 0 aromatic rings. The molecule has 0 radical (unpaired) electrons. The van der Waals surface area contributed by atoms with E-state index in [0.717, 1.165) is 21.3 Å². The van der Waals surface area contributed by atoms with Crippen molar-refractivity contribution >= 4 is 24.8 Å². The summed E-state index contributed by atoms with van der Waals surface area (Å²) in [5.74, 6) is 0. The van der Waals surface area contributed by atoms with Crippen molar-refractivity contribution in [2.24, 2.45) is 4.52 Å². The molecule has 1 heterocycles. The molecule has 6 nitrogen and oxygen atoms in total. The first-order valence-corrected chi connectivity index (χ1v) is 7.26. The molecule has 1 aliphatic heterocycles. The highest BCUT2D eigenvalue weighted by atomic mass is 31.3. The van der Waals surface area contributed by atoms with Crippen molar-refractivity contribution < 1.29 is 26.8 Å². The highest BCUT2D eigenvalue weighted by Crippen LogP contribution is 2.79. The maximum Gasteiger partial charge on any atom is 0.403 e. The Morgan fingerprint density at radius 2 is 1.80 bits per heavy atom. The summed E-state index contributed by atoms with van der Waals surface area (Å²) >= 11 is 0. The SMILES string of the molecule is CON1P(F)N=P(F)(F)N(OC)P1OC. The van der Waals surface area contributed by atoms with Gasteiger partial charge in [0.25, 0.3) is 8.45 Å². The number of halogens is 3. The minimum Gasteiger partial charge on any atom is -0.331 e. The Hall–Kier alpha value is 0.680. The zero-order valence-electron chi connectivity index (χ0n) is 8.04. The van der Waals surface area contributed by atoms with Gasteiger partial charge >= 0.3 is 16.4 Å². The van der Waals surface area contributed by atoms with Gasteiger partial charge in [0.15, 0.2) is 0 Å². The Morgan fingerprint density at radius 3 is 2.20 bits per heavy atom. The molecule has 0 spiro atoms. The zero-order valence-corrected chi connectivity index (χ0v) is 10.7. The van der Waals surface area contributed by atoms with Crippen LogP contribution in [-0.2, 0) is 14.2 Å². The molecular formula is C3H9F3N3O3P3. The van der Waals surface area contributed by atoms with Crippen LogP contribution in [0.5, 0.6) is 0 Å². The summed E-state index contributed by atoms with van der Waals surface area (Å²) in [5.41, 5.74) is 0. The summed E-state index contributed by atoms with van der Waals surface area (Å²) in [5, 5.41) is 0. The molecule has 1 aliphatic rings. The summed E-state index contributed by atoms with van der Waals surface area (Å²) in [6.45, 7) is 0. The van der Waals surface area contributed by atoms with Crippen molar-refractivity contribution in [3.63, 3.8) is 0 Å². The highest BCUT2D eigenvalue weighted by Gasteiger charge is 2.50. The van der Waals surface area contributed by atoms with Gasteiger partial charge in [0.2, 0.25) is 0 Å². The lowest BCUT2D eigenvalue weighted by atomic mass is 11.7. The smallest absolute Gasteiger partial charge is 0.331 e. The van der Waals surface area contributed by atoms with Crippen LogP contribution in [-0.4, -0.2) is 30.5 Å². The molecule has 0 saturated carbocycles. The van der Waals surface area contributed by atoms with Gasteiger partial charge < -0.3 is 4.52 Å². The first-order valence-electron chi connectivity index (χ1n) is 3.48. The van der Waals surface area contributed by atoms with Crippen LogP contribution in [0.25, 0.3) is 0 Å². The van der Waals surface area contributed by atoms with Gasteiger partial charge in [-0.1, -0.05) is 4.60 Å². The van der Waals surface area contributed by atoms with Crippen LogP contribution < -0.4 is 0 Å². The second kappa shape index (κ2) is 5.34. The molecule has 0 aromatic heterocycles. The summed E-state index contributed by atoms with van der Waals surface area (Å²) < 4.78 is 48.1. The van der Waals surface area contributed by atoms with E-state index in [4.69, 9.17) is 4.52 Å². The molecule has 0 amide bonds. The van der Waals surface area contributed by atoms with Gasteiger partial charge in [0.1, 0.15) is 0 Å². The van der Waals surface area contributed by atoms with Gasteiger partial charge in [0, 0.05) is 7.11 Å². The van der Waals surface area contributed by atoms with E-state index in [1.165, 1.54) is 0 Å². The van der Waals surface area contributed by atoms with Crippen molar-refractivity contribution in [2.75, 3.05) is 21.3 Å². The van der Waals surface area contributed by atoms with Gasteiger partial charge in [0.05, 0.1) is 14.2 Å². The second-order valence-corrected chi connectivity index (χ2v) is 7.15. The first-order chi connectivity index (χ1) is 6.97. The Bertz CT molecular complexity index is 278. The maximum atomic E-state index is 13.2. The van der Waals surface area contributed by atoms with Crippen molar-refractivity contribution in [1.29, 1.82) is 0 Å². The molecule has 0 N–H and O–H groups in total. The van der Waals surface area contributed by atoms with E-state index in [2.05, 4.69) is 14.2 Å². The Morgan fingerprint density at radius 1 is 1.20 bits per heavy atom. The predicted octanol–water partition coefficient (Wildman–Crippen LogP) is 3.68.